The maximum absolute atomic E-state index is 12.2. The maximum atomic E-state index is 12.2. The third kappa shape index (κ3) is 4.17. The van der Waals surface area contributed by atoms with Crippen molar-refractivity contribution in [2.24, 2.45) is 0 Å². The van der Waals surface area contributed by atoms with E-state index in [0.29, 0.717) is 13.0 Å². The minimum atomic E-state index is -3.54. The fraction of sp³-hybridized carbons (Fsp3) is 1.00. The van der Waals surface area contributed by atoms with Crippen molar-refractivity contribution in [3.05, 3.63) is 0 Å². The van der Waals surface area contributed by atoms with Crippen LogP contribution in [0.2, 0.25) is 0 Å². The Hall–Kier alpha value is -0.210. The summed E-state index contributed by atoms with van der Waals surface area (Å²) in [4.78, 5) is 0. The number of nitrogens with one attached hydrogen (secondary N) is 1. The lowest BCUT2D eigenvalue weighted by Crippen LogP contribution is -2.52. The zero-order chi connectivity index (χ0) is 13.8. The second-order valence-electron chi connectivity index (χ2n) is 5.23. The van der Waals surface area contributed by atoms with Crippen molar-refractivity contribution in [1.29, 1.82) is 0 Å². The van der Waals surface area contributed by atoms with Crippen LogP contribution in [-0.2, 0) is 14.9 Å². The van der Waals surface area contributed by atoms with Gasteiger partial charge in [0.1, 0.15) is 0 Å². The van der Waals surface area contributed by atoms with E-state index in [1.165, 1.54) is 4.31 Å². The van der Waals surface area contributed by atoms with Gasteiger partial charge in [-0.3, -0.25) is 0 Å². The molecule has 0 spiro atoms. The minimum Gasteiger partial charge on any atom is -0.395 e. The first-order chi connectivity index (χ1) is 8.32. The topological polar surface area (TPSA) is 78.9 Å². The predicted molar refractivity (Wildman–Crippen MR) is 69.4 cm³/mol. The Morgan fingerprint density at radius 1 is 1.44 bits per heavy atom. The van der Waals surface area contributed by atoms with Crippen molar-refractivity contribution in [3.63, 3.8) is 0 Å². The molecule has 18 heavy (non-hydrogen) atoms. The van der Waals surface area contributed by atoms with E-state index >= 15 is 0 Å². The molecule has 0 aliphatic carbocycles. The summed E-state index contributed by atoms with van der Waals surface area (Å²) in [5.41, 5.74) is -0.544. The number of aliphatic hydroxyl groups excluding tert-OH is 1. The van der Waals surface area contributed by atoms with Gasteiger partial charge < -0.3 is 9.84 Å². The van der Waals surface area contributed by atoms with Crippen LogP contribution in [0.3, 0.4) is 0 Å². The summed E-state index contributed by atoms with van der Waals surface area (Å²) in [5.74, 6) is 0. The van der Waals surface area contributed by atoms with Gasteiger partial charge in [0.05, 0.1) is 12.2 Å². The van der Waals surface area contributed by atoms with Crippen LogP contribution in [0.4, 0.5) is 0 Å². The van der Waals surface area contributed by atoms with E-state index in [-0.39, 0.29) is 19.2 Å². The molecule has 6 nitrogen and oxygen atoms in total. The highest BCUT2D eigenvalue weighted by molar-refractivity contribution is 7.87. The standard InChI is InChI=1S/C11H24N2O4S/c1-11(2,17-3)9-12-18(15,16)13-7-5-4-6-10(13)8-14/h10,12,14H,4-9H2,1-3H3. The molecule has 2 N–H and O–H groups in total. The summed E-state index contributed by atoms with van der Waals surface area (Å²) in [6.07, 6.45) is 2.51. The Labute approximate surface area is 109 Å². The average Bonchev–Trinajstić information content (AvgIpc) is 2.37. The van der Waals surface area contributed by atoms with E-state index in [2.05, 4.69) is 4.72 Å². The second-order valence-corrected chi connectivity index (χ2v) is 6.94. The Balaban J connectivity index is 2.67. The van der Waals surface area contributed by atoms with Crippen LogP contribution >= 0.6 is 0 Å². The van der Waals surface area contributed by atoms with Crippen LogP contribution in [0.15, 0.2) is 0 Å². The summed E-state index contributed by atoms with van der Waals surface area (Å²) < 4.78 is 33.4. The van der Waals surface area contributed by atoms with E-state index in [1.54, 1.807) is 7.11 Å². The monoisotopic (exact) mass is 280 g/mol. The molecule has 1 saturated heterocycles. The van der Waals surface area contributed by atoms with Crippen LogP contribution in [0, 0.1) is 0 Å². The third-order valence-corrected chi connectivity index (χ3v) is 4.93. The predicted octanol–water partition coefficient (Wildman–Crippen LogP) is 0.0926. The zero-order valence-electron chi connectivity index (χ0n) is 11.3. The Kier molecular flexibility index (Phi) is 5.54. The molecule has 0 radical (unpaired) electrons. The average molecular weight is 280 g/mol. The number of piperidine rings is 1. The van der Waals surface area contributed by atoms with Crippen molar-refractivity contribution >= 4 is 10.2 Å². The maximum Gasteiger partial charge on any atom is 0.279 e. The highest BCUT2D eigenvalue weighted by atomic mass is 32.2. The summed E-state index contributed by atoms with van der Waals surface area (Å²) in [6.45, 7) is 4.17. The molecule has 1 fully saturated rings. The molecule has 1 aliphatic rings. The normalized spacial score (nSPS) is 23.2. The fourth-order valence-corrected chi connectivity index (χ4v) is 3.52. The van der Waals surface area contributed by atoms with E-state index in [0.717, 1.165) is 12.8 Å². The largest absolute Gasteiger partial charge is 0.395 e. The van der Waals surface area contributed by atoms with Crippen molar-refractivity contribution in [2.75, 3.05) is 26.8 Å². The molecular weight excluding hydrogens is 256 g/mol. The lowest BCUT2D eigenvalue weighted by molar-refractivity contribution is 0.0270. The molecule has 0 saturated carbocycles. The SMILES string of the molecule is COC(C)(C)CNS(=O)(=O)N1CCCCC1CO. The molecule has 0 amide bonds. The number of rotatable bonds is 6. The molecule has 0 aromatic carbocycles. The fourth-order valence-electron chi connectivity index (χ4n) is 1.89. The van der Waals surface area contributed by atoms with Crippen LogP contribution in [0.5, 0.6) is 0 Å². The highest BCUT2D eigenvalue weighted by Crippen LogP contribution is 2.19. The van der Waals surface area contributed by atoms with Gasteiger partial charge in [0, 0.05) is 26.2 Å². The molecule has 0 aromatic rings. The van der Waals surface area contributed by atoms with Gasteiger partial charge in [0.2, 0.25) is 0 Å². The molecule has 1 aliphatic heterocycles. The van der Waals surface area contributed by atoms with Crippen LogP contribution in [-0.4, -0.2) is 56.3 Å². The lowest BCUT2D eigenvalue weighted by Gasteiger charge is -2.34. The Morgan fingerprint density at radius 3 is 2.67 bits per heavy atom. The summed E-state index contributed by atoms with van der Waals surface area (Å²) in [6, 6.07) is -0.304. The van der Waals surface area contributed by atoms with Crippen molar-refractivity contribution in [3.8, 4) is 0 Å². The molecule has 1 rings (SSSR count). The van der Waals surface area contributed by atoms with Crippen LogP contribution < -0.4 is 4.72 Å². The van der Waals surface area contributed by atoms with E-state index < -0.39 is 15.8 Å². The second kappa shape index (κ2) is 6.29. The van der Waals surface area contributed by atoms with E-state index in [4.69, 9.17) is 4.74 Å². The number of nitrogens with zero attached hydrogens (tertiary/aromatic N) is 1. The Morgan fingerprint density at radius 2 is 2.11 bits per heavy atom. The third-order valence-electron chi connectivity index (χ3n) is 3.33. The number of hydrogen-bond donors (Lipinski definition) is 2. The number of ether oxygens (including phenoxy) is 1. The smallest absolute Gasteiger partial charge is 0.279 e. The van der Waals surface area contributed by atoms with Gasteiger partial charge in [-0.2, -0.15) is 17.4 Å². The van der Waals surface area contributed by atoms with E-state index in [1.807, 2.05) is 13.8 Å². The summed E-state index contributed by atoms with van der Waals surface area (Å²) in [7, 11) is -2.00. The number of methoxy groups -OCH3 is 1. The first-order valence-electron chi connectivity index (χ1n) is 6.25. The molecule has 7 heteroatoms. The minimum absolute atomic E-state index is 0.130. The molecule has 0 aromatic heterocycles. The molecular formula is C11H24N2O4S. The van der Waals surface area contributed by atoms with Crippen molar-refractivity contribution in [2.45, 2.75) is 44.8 Å². The molecule has 1 heterocycles. The van der Waals surface area contributed by atoms with Gasteiger partial charge in [-0.1, -0.05) is 6.42 Å². The van der Waals surface area contributed by atoms with Crippen LogP contribution in [0.1, 0.15) is 33.1 Å². The molecule has 108 valence electrons. The number of hydrogen-bond acceptors (Lipinski definition) is 4. The zero-order valence-corrected chi connectivity index (χ0v) is 12.2. The first kappa shape index (κ1) is 15.8. The van der Waals surface area contributed by atoms with Gasteiger partial charge in [0.25, 0.3) is 10.2 Å². The van der Waals surface area contributed by atoms with Gasteiger partial charge in [0.15, 0.2) is 0 Å². The highest BCUT2D eigenvalue weighted by Gasteiger charge is 2.32. The number of aliphatic hydroxyl groups is 1. The van der Waals surface area contributed by atoms with E-state index in [9.17, 15) is 13.5 Å². The molecule has 0 bridgehead atoms. The van der Waals surface area contributed by atoms with Crippen molar-refractivity contribution in [1.82, 2.24) is 9.03 Å². The first-order valence-corrected chi connectivity index (χ1v) is 7.69. The van der Waals surface area contributed by atoms with Gasteiger partial charge in [-0.25, -0.2) is 0 Å². The summed E-state index contributed by atoms with van der Waals surface area (Å²) in [5, 5.41) is 9.24. The van der Waals surface area contributed by atoms with Gasteiger partial charge in [-0.15, -0.1) is 0 Å². The Bertz CT molecular complexity index is 356. The van der Waals surface area contributed by atoms with Crippen LogP contribution in [0.25, 0.3) is 0 Å². The molecule has 1 unspecified atom stereocenters. The van der Waals surface area contributed by atoms with Gasteiger partial charge in [-0.05, 0) is 26.7 Å². The quantitative estimate of drug-likeness (QED) is 0.723. The van der Waals surface area contributed by atoms with Gasteiger partial charge >= 0.3 is 0 Å². The lowest BCUT2D eigenvalue weighted by atomic mass is 10.1. The molecule has 1 atom stereocenters. The van der Waals surface area contributed by atoms with Crippen molar-refractivity contribution < 1.29 is 18.3 Å². The summed E-state index contributed by atoms with van der Waals surface area (Å²) >= 11 is 0.